The lowest BCUT2D eigenvalue weighted by molar-refractivity contribution is 0.0365. The van der Waals surface area contributed by atoms with Crippen LogP contribution in [-0.4, -0.2) is 19.5 Å². The maximum absolute atomic E-state index is 12.3. The molecule has 0 fully saturated rings. The molecule has 0 aromatic heterocycles. The normalized spacial score (nSPS) is 12.6. The van der Waals surface area contributed by atoms with Gasteiger partial charge >= 0.3 is 7.82 Å². The maximum Gasteiger partial charge on any atom is 0.491 e. The number of rotatable bonds is 9. The Morgan fingerprint density at radius 2 is 1.82 bits per heavy atom. The van der Waals surface area contributed by atoms with Crippen LogP contribution >= 0.6 is 19.6 Å². The number of hydrogen-bond acceptors (Lipinski definition) is 6. The fourth-order valence-corrected chi connectivity index (χ4v) is 3.64. The molecule has 1 N–H and O–H groups in total. The van der Waals surface area contributed by atoms with Crippen molar-refractivity contribution in [2.75, 3.05) is 19.5 Å². The van der Waals surface area contributed by atoms with Crippen LogP contribution in [-0.2, 0) is 23.8 Å². The first kappa shape index (κ1) is 19.7. The number of hydrogen-bond donors (Lipinski definition) is 1. The average Bonchev–Trinajstić information content (AvgIpc) is 2.46. The summed E-state index contributed by atoms with van der Waals surface area (Å²) in [6.45, 7) is 9.94. The molecule has 7 heteroatoms. The van der Waals surface area contributed by atoms with Crippen molar-refractivity contribution in [2.24, 2.45) is 0 Å². The number of benzene rings is 1. The Bertz CT molecular complexity index is 526. The van der Waals surface area contributed by atoms with Gasteiger partial charge in [0.1, 0.15) is 0 Å². The van der Waals surface area contributed by atoms with Gasteiger partial charge in [-0.15, -0.1) is 11.8 Å². The molecule has 0 saturated carbocycles. The van der Waals surface area contributed by atoms with E-state index in [1.165, 1.54) is 10.5 Å². The van der Waals surface area contributed by atoms with Gasteiger partial charge in [-0.1, -0.05) is 12.1 Å². The van der Waals surface area contributed by atoms with Gasteiger partial charge in [0.25, 0.3) is 0 Å². The Morgan fingerprint density at radius 1 is 1.23 bits per heavy atom. The fourth-order valence-electron chi connectivity index (χ4n) is 1.90. The van der Waals surface area contributed by atoms with Crippen molar-refractivity contribution in [1.29, 1.82) is 0 Å². The quantitative estimate of drug-likeness (QED) is 0.398. The van der Waals surface area contributed by atoms with Crippen molar-refractivity contribution in [2.45, 2.75) is 45.1 Å². The summed E-state index contributed by atoms with van der Waals surface area (Å²) in [4.78, 5) is 1.23. The molecule has 5 nitrogen and oxygen atoms in total. The van der Waals surface area contributed by atoms with Gasteiger partial charge < -0.3 is 0 Å². The summed E-state index contributed by atoms with van der Waals surface area (Å²) in [6, 6.07) is 6.19. The Kier molecular flexibility index (Phi) is 7.59. The number of aryl methyl sites for hydroxylation is 1. The molecular weight excluding hydrogens is 321 g/mol. The largest absolute Gasteiger partial charge is 0.491 e. The van der Waals surface area contributed by atoms with Crippen LogP contribution in [0, 0.1) is 6.92 Å². The van der Waals surface area contributed by atoms with Gasteiger partial charge in [0.05, 0.1) is 18.8 Å². The molecule has 0 bridgehead atoms. The molecule has 22 heavy (non-hydrogen) atoms. The van der Waals surface area contributed by atoms with Crippen molar-refractivity contribution < 1.29 is 18.2 Å². The van der Waals surface area contributed by atoms with E-state index in [1.807, 2.05) is 19.9 Å². The topological polar surface area (TPSA) is 56.8 Å². The molecule has 0 unspecified atom stereocenters. The summed E-state index contributed by atoms with van der Waals surface area (Å²) < 4.78 is 27.8. The second kappa shape index (κ2) is 8.48. The Hall–Kier alpha value is -0.360. The van der Waals surface area contributed by atoms with Crippen molar-refractivity contribution in [3.63, 3.8) is 0 Å². The number of nitrogens with one attached hydrogen (secondary N) is 1. The third kappa shape index (κ3) is 5.37. The third-order valence-electron chi connectivity index (χ3n) is 3.10. The first-order valence-corrected chi connectivity index (χ1v) is 9.96. The minimum atomic E-state index is -3.58. The molecule has 0 atom stereocenters. The lowest BCUT2D eigenvalue weighted by Gasteiger charge is -2.28. The van der Waals surface area contributed by atoms with Gasteiger partial charge in [-0.2, -0.15) is 10.1 Å². The number of thioether (sulfide) groups is 1. The average molecular weight is 347 g/mol. The summed E-state index contributed by atoms with van der Waals surface area (Å²) in [5.41, 5.74) is 4.52. The van der Waals surface area contributed by atoms with Gasteiger partial charge in [-0.3, -0.25) is 9.05 Å². The Morgan fingerprint density at radius 3 is 2.27 bits per heavy atom. The summed E-state index contributed by atoms with van der Waals surface area (Å²) in [7, 11) is -3.58. The van der Waals surface area contributed by atoms with Crippen LogP contribution < -0.4 is 5.48 Å². The Balaban J connectivity index is 2.86. The lowest BCUT2D eigenvalue weighted by atomic mass is 9.94. The molecule has 0 saturated heterocycles. The van der Waals surface area contributed by atoms with Gasteiger partial charge in [-0.05, 0) is 58.1 Å². The van der Waals surface area contributed by atoms with Gasteiger partial charge in [-0.25, -0.2) is 4.57 Å². The van der Waals surface area contributed by atoms with Crippen LogP contribution in [0.3, 0.4) is 0 Å². The van der Waals surface area contributed by atoms with E-state index >= 15 is 0 Å². The van der Waals surface area contributed by atoms with Crippen LogP contribution in [0.15, 0.2) is 23.1 Å². The van der Waals surface area contributed by atoms with Gasteiger partial charge in [0.15, 0.2) is 0 Å². The molecule has 0 amide bonds. The highest BCUT2D eigenvalue weighted by molar-refractivity contribution is 7.98. The zero-order valence-corrected chi connectivity index (χ0v) is 15.8. The van der Waals surface area contributed by atoms with Crippen molar-refractivity contribution in [1.82, 2.24) is 5.48 Å². The molecule has 0 aliphatic rings. The second-order valence-corrected chi connectivity index (χ2v) is 7.73. The van der Waals surface area contributed by atoms with E-state index in [1.54, 1.807) is 25.6 Å². The monoisotopic (exact) mass is 347 g/mol. The maximum atomic E-state index is 12.3. The summed E-state index contributed by atoms with van der Waals surface area (Å²) in [5.74, 6) is 0. The zero-order valence-electron chi connectivity index (χ0n) is 14.1. The number of hydroxylamine groups is 1. The fraction of sp³-hybridized carbons (Fsp3) is 0.600. The molecule has 0 aliphatic heterocycles. The standard InChI is InChI=1S/C15H26NO4PS/c1-7-18-21(17,19-8-2)20-16-15(4,5)13-9-10-14(22-6)12(3)11-13/h9-11,16H,7-8H2,1-6H3. The number of phosphoric ester groups is 1. The molecule has 1 aromatic rings. The predicted octanol–water partition coefficient (Wildman–Crippen LogP) is 4.65. The van der Waals surface area contributed by atoms with E-state index in [2.05, 4.69) is 30.8 Å². The summed E-state index contributed by atoms with van der Waals surface area (Å²) >= 11 is 1.71. The molecule has 0 radical (unpaired) electrons. The Labute approximate surface area is 137 Å². The minimum absolute atomic E-state index is 0.251. The van der Waals surface area contributed by atoms with Gasteiger partial charge in [0, 0.05) is 4.90 Å². The van der Waals surface area contributed by atoms with Crippen molar-refractivity contribution in [3.8, 4) is 0 Å². The van der Waals surface area contributed by atoms with E-state index in [0.717, 1.165) is 5.56 Å². The summed E-state index contributed by atoms with van der Waals surface area (Å²) in [5, 5.41) is 0. The molecule has 1 rings (SSSR count). The number of phosphoric acid groups is 1. The molecule has 0 heterocycles. The second-order valence-electron chi connectivity index (χ2n) is 5.29. The van der Waals surface area contributed by atoms with E-state index in [9.17, 15) is 4.57 Å². The predicted molar refractivity (Wildman–Crippen MR) is 91.1 cm³/mol. The van der Waals surface area contributed by atoms with Crippen molar-refractivity contribution in [3.05, 3.63) is 29.3 Å². The van der Waals surface area contributed by atoms with Crippen LogP contribution in [0.1, 0.15) is 38.8 Å². The van der Waals surface area contributed by atoms with Crippen LogP contribution in [0.5, 0.6) is 0 Å². The van der Waals surface area contributed by atoms with Crippen LogP contribution in [0.25, 0.3) is 0 Å². The van der Waals surface area contributed by atoms with Crippen LogP contribution in [0.2, 0.25) is 0 Å². The molecule has 126 valence electrons. The van der Waals surface area contributed by atoms with Crippen LogP contribution in [0.4, 0.5) is 0 Å². The van der Waals surface area contributed by atoms with E-state index < -0.39 is 13.4 Å². The minimum Gasteiger partial charge on any atom is -0.286 e. The lowest BCUT2D eigenvalue weighted by Crippen LogP contribution is -2.36. The van der Waals surface area contributed by atoms with E-state index in [-0.39, 0.29) is 13.2 Å². The molecule has 0 aliphatic carbocycles. The van der Waals surface area contributed by atoms with E-state index in [0.29, 0.717) is 0 Å². The summed E-state index contributed by atoms with van der Waals surface area (Å²) in [6.07, 6.45) is 2.05. The SMILES string of the molecule is CCOP(=O)(OCC)ONC(C)(C)c1ccc(SC)c(C)c1. The third-order valence-corrected chi connectivity index (χ3v) is 5.47. The molecule has 1 aromatic carbocycles. The van der Waals surface area contributed by atoms with E-state index in [4.69, 9.17) is 13.7 Å². The first-order valence-electron chi connectivity index (χ1n) is 7.28. The first-order chi connectivity index (χ1) is 10.3. The smallest absolute Gasteiger partial charge is 0.286 e. The highest BCUT2D eigenvalue weighted by Gasteiger charge is 2.30. The van der Waals surface area contributed by atoms with Gasteiger partial charge in [0.2, 0.25) is 0 Å². The highest BCUT2D eigenvalue weighted by Crippen LogP contribution is 2.49. The zero-order chi connectivity index (χ0) is 16.8. The molecular formula is C15H26NO4PS. The van der Waals surface area contributed by atoms with Crippen molar-refractivity contribution >= 4 is 19.6 Å². The highest BCUT2D eigenvalue weighted by atomic mass is 32.2. The molecule has 0 spiro atoms.